The van der Waals surface area contributed by atoms with Crippen molar-refractivity contribution in [2.75, 3.05) is 39.5 Å². The Morgan fingerprint density at radius 3 is 2.65 bits per heavy atom. The molecule has 1 aromatic rings. The predicted octanol–water partition coefficient (Wildman–Crippen LogP) is 2.19. The van der Waals surface area contributed by atoms with Crippen LogP contribution in [0.25, 0.3) is 0 Å². The lowest BCUT2D eigenvalue weighted by atomic mass is 10.0. The maximum atomic E-state index is 5.89. The lowest BCUT2D eigenvalue weighted by molar-refractivity contribution is 0.126. The second kappa shape index (κ2) is 6.95. The summed E-state index contributed by atoms with van der Waals surface area (Å²) in [7, 11) is 3.92. The Labute approximate surface area is 122 Å². The first-order chi connectivity index (χ1) is 9.63. The summed E-state index contributed by atoms with van der Waals surface area (Å²) >= 11 is 0. The molecule has 0 saturated carbocycles. The van der Waals surface area contributed by atoms with E-state index in [2.05, 4.69) is 23.8 Å². The zero-order valence-corrected chi connectivity index (χ0v) is 12.9. The molecule has 0 bridgehead atoms. The number of nitrogens with two attached hydrogens (primary N) is 1. The van der Waals surface area contributed by atoms with E-state index < -0.39 is 0 Å². The Balaban J connectivity index is 1.97. The van der Waals surface area contributed by atoms with Gasteiger partial charge in [-0.1, -0.05) is 6.92 Å². The molecule has 4 nitrogen and oxygen atoms in total. The highest BCUT2D eigenvalue weighted by molar-refractivity contribution is 5.47. The molecular formula is C16H27N3O. The van der Waals surface area contributed by atoms with Gasteiger partial charge in [0.05, 0.1) is 7.11 Å². The monoisotopic (exact) mass is 277 g/mol. The summed E-state index contributed by atoms with van der Waals surface area (Å²) < 4.78 is 5.43. The van der Waals surface area contributed by atoms with E-state index in [9.17, 15) is 0 Å². The third kappa shape index (κ3) is 3.64. The van der Waals surface area contributed by atoms with E-state index in [0.29, 0.717) is 6.04 Å². The standard InChI is InChI=1S/C16H27N3O/c1-4-19-9-7-15(8-10-19)18(2)12-13-11-14(17)5-6-16(13)20-3/h5-6,11,15H,4,7-10,12,17H2,1-3H3. The summed E-state index contributed by atoms with van der Waals surface area (Å²) in [5, 5.41) is 0. The highest BCUT2D eigenvalue weighted by atomic mass is 16.5. The molecule has 0 aliphatic carbocycles. The zero-order valence-electron chi connectivity index (χ0n) is 12.9. The second-order valence-electron chi connectivity index (χ2n) is 5.65. The fourth-order valence-electron chi connectivity index (χ4n) is 3.00. The normalized spacial score (nSPS) is 17.6. The Hall–Kier alpha value is -1.26. The van der Waals surface area contributed by atoms with E-state index in [1.54, 1.807) is 7.11 Å². The Morgan fingerprint density at radius 1 is 1.35 bits per heavy atom. The Bertz CT molecular complexity index is 428. The van der Waals surface area contributed by atoms with E-state index in [1.807, 2.05) is 18.2 Å². The van der Waals surface area contributed by atoms with Gasteiger partial charge in [-0.2, -0.15) is 0 Å². The molecule has 2 rings (SSSR count). The predicted molar refractivity (Wildman–Crippen MR) is 84.0 cm³/mol. The van der Waals surface area contributed by atoms with Crippen LogP contribution in [0.3, 0.4) is 0 Å². The average molecular weight is 277 g/mol. The van der Waals surface area contributed by atoms with Crippen LogP contribution in [0.15, 0.2) is 18.2 Å². The average Bonchev–Trinajstić information content (AvgIpc) is 2.47. The van der Waals surface area contributed by atoms with E-state index in [0.717, 1.165) is 18.0 Å². The largest absolute Gasteiger partial charge is 0.496 e. The summed E-state index contributed by atoms with van der Waals surface area (Å²) in [5.41, 5.74) is 7.87. The number of rotatable bonds is 5. The van der Waals surface area contributed by atoms with Gasteiger partial charge in [0, 0.05) is 23.8 Å². The molecule has 2 N–H and O–H groups in total. The summed E-state index contributed by atoms with van der Waals surface area (Å²) in [4.78, 5) is 4.95. The topological polar surface area (TPSA) is 41.7 Å². The molecule has 1 fully saturated rings. The molecule has 0 atom stereocenters. The van der Waals surface area contributed by atoms with Gasteiger partial charge in [0.15, 0.2) is 0 Å². The molecule has 0 unspecified atom stereocenters. The van der Waals surface area contributed by atoms with Crippen LogP contribution in [-0.2, 0) is 6.54 Å². The number of methoxy groups -OCH3 is 1. The van der Waals surface area contributed by atoms with Crippen molar-refractivity contribution in [1.82, 2.24) is 9.80 Å². The number of piperidine rings is 1. The van der Waals surface area contributed by atoms with Crippen LogP contribution in [-0.4, -0.2) is 49.6 Å². The first kappa shape index (κ1) is 15.1. The third-order valence-electron chi connectivity index (χ3n) is 4.35. The van der Waals surface area contributed by atoms with Crippen LogP contribution in [0.4, 0.5) is 5.69 Å². The van der Waals surface area contributed by atoms with Gasteiger partial charge in [-0.05, 0) is 57.7 Å². The maximum absolute atomic E-state index is 5.89. The van der Waals surface area contributed by atoms with Crippen molar-refractivity contribution in [3.8, 4) is 5.75 Å². The van der Waals surface area contributed by atoms with E-state index in [1.165, 1.54) is 38.0 Å². The SMILES string of the molecule is CCN1CCC(N(C)Cc2cc(N)ccc2OC)CC1. The van der Waals surface area contributed by atoms with Gasteiger partial charge in [0.2, 0.25) is 0 Å². The molecule has 0 amide bonds. The van der Waals surface area contributed by atoms with Gasteiger partial charge in [-0.25, -0.2) is 0 Å². The zero-order chi connectivity index (χ0) is 14.5. The van der Waals surface area contributed by atoms with Crippen molar-refractivity contribution >= 4 is 5.69 Å². The van der Waals surface area contributed by atoms with Crippen molar-refractivity contribution in [2.24, 2.45) is 0 Å². The van der Waals surface area contributed by atoms with Crippen LogP contribution in [0.5, 0.6) is 5.75 Å². The molecule has 1 aliphatic heterocycles. The van der Waals surface area contributed by atoms with Crippen molar-refractivity contribution in [3.05, 3.63) is 23.8 Å². The summed E-state index contributed by atoms with van der Waals surface area (Å²) in [6, 6.07) is 6.53. The number of hydrogen-bond acceptors (Lipinski definition) is 4. The lowest BCUT2D eigenvalue weighted by Crippen LogP contribution is -2.42. The van der Waals surface area contributed by atoms with E-state index >= 15 is 0 Å². The van der Waals surface area contributed by atoms with Crippen LogP contribution in [0.1, 0.15) is 25.3 Å². The van der Waals surface area contributed by atoms with Crippen molar-refractivity contribution in [2.45, 2.75) is 32.4 Å². The Morgan fingerprint density at radius 2 is 2.05 bits per heavy atom. The number of ether oxygens (including phenoxy) is 1. The number of nitrogens with zero attached hydrogens (tertiary/aromatic N) is 2. The molecule has 20 heavy (non-hydrogen) atoms. The number of anilines is 1. The maximum Gasteiger partial charge on any atom is 0.123 e. The van der Waals surface area contributed by atoms with Crippen LogP contribution in [0.2, 0.25) is 0 Å². The molecule has 1 aromatic carbocycles. The van der Waals surface area contributed by atoms with Crippen LogP contribution >= 0.6 is 0 Å². The van der Waals surface area contributed by atoms with Gasteiger partial charge >= 0.3 is 0 Å². The van der Waals surface area contributed by atoms with Gasteiger partial charge in [0.25, 0.3) is 0 Å². The minimum absolute atomic E-state index is 0.656. The lowest BCUT2D eigenvalue weighted by Gasteiger charge is -2.36. The number of nitrogen functional groups attached to an aromatic ring is 1. The van der Waals surface area contributed by atoms with Crippen LogP contribution < -0.4 is 10.5 Å². The molecule has 1 aliphatic rings. The molecule has 4 heteroatoms. The van der Waals surface area contributed by atoms with Crippen molar-refractivity contribution in [3.63, 3.8) is 0 Å². The molecule has 0 radical (unpaired) electrons. The first-order valence-electron chi connectivity index (χ1n) is 7.49. The smallest absolute Gasteiger partial charge is 0.123 e. The fourth-order valence-corrected chi connectivity index (χ4v) is 3.00. The summed E-state index contributed by atoms with van der Waals surface area (Å²) in [6.45, 7) is 6.71. The van der Waals surface area contributed by atoms with Gasteiger partial charge in [0.1, 0.15) is 5.75 Å². The number of benzene rings is 1. The minimum Gasteiger partial charge on any atom is -0.496 e. The molecule has 0 aromatic heterocycles. The summed E-state index contributed by atoms with van der Waals surface area (Å²) in [6.07, 6.45) is 2.49. The molecular weight excluding hydrogens is 250 g/mol. The molecule has 1 saturated heterocycles. The van der Waals surface area contributed by atoms with Gasteiger partial charge in [-0.3, -0.25) is 4.90 Å². The first-order valence-corrected chi connectivity index (χ1v) is 7.49. The number of hydrogen-bond donors (Lipinski definition) is 1. The van der Waals surface area contributed by atoms with Crippen LogP contribution in [0, 0.1) is 0 Å². The Kier molecular flexibility index (Phi) is 5.26. The van der Waals surface area contributed by atoms with E-state index in [-0.39, 0.29) is 0 Å². The quantitative estimate of drug-likeness (QED) is 0.838. The van der Waals surface area contributed by atoms with Crippen molar-refractivity contribution in [1.29, 1.82) is 0 Å². The minimum atomic E-state index is 0.656. The van der Waals surface area contributed by atoms with Gasteiger partial charge in [-0.15, -0.1) is 0 Å². The second-order valence-corrected chi connectivity index (χ2v) is 5.65. The highest BCUT2D eigenvalue weighted by Gasteiger charge is 2.22. The van der Waals surface area contributed by atoms with Crippen molar-refractivity contribution < 1.29 is 4.74 Å². The molecule has 0 spiro atoms. The van der Waals surface area contributed by atoms with E-state index in [4.69, 9.17) is 10.5 Å². The number of likely N-dealkylation sites (tertiary alicyclic amines) is 1. The highest BCUT2D eigenvalue weighted by Crippen LogP contribution is 2.24. The molecule has 1 heterocycles. The molecule has 112 valence electrons. The summed E-state index contributed by atoms with van der Waals surface area (Å²) in [5.74, 6) is 0.928. The fraction of sp³-hybridized carbons (Fsp3) is 0.625. The van der Waals surface area contributed by atoms with Gasteiger partial charge < -0.3 is 15.4 Å². The third-order valence-corrected chi connectivity index (χ3v) is 4.35.